The van der Waals surface area contributed by atoms with Gasteiger partial charge in [-0.15, -0.1) is 0 Å². The summed E-state index contributed by atoms with van der Waals surface area (Å²) in [5, 5.41) is 19.4. The highest BCUT2D eigenvalue weighted by molar-refractivity contribution is 7.80. The molecule has 0 atom stereocenters. The van der Waals surface area contributed by atoms with Gasteiger partial charge in [-0.1, -0.05) is 24.4 Å². The van der Waals surface area contributed by atoms with Crippen LogP contribution in [0.5, 0.6) is 5.75 Å². The molecule has 2 aromatic rings. The van der Waals surface area contributed by atoms with Crippen LogP contribution in [0.3, 0.4) is 0 Å². The van der Waals surface area contributed by atoms with Gasteiger partial charge in [0, 0.05) is 11.6 Å². The third-order valence-corrected chi connectivity index (χ3v) is 2.69. The number of thiocarbonyl (C=S) groups is 1. The molecule has 0 saturated heterocycles. The zero-order valence-corrected chi connectivity index (χ0v) is 10.1. The lowest BCUT2D eigenvalue weighted by Gasteiger charge is -2.04. The second-order valence-electron chi connectivity index (χ2n) is 3.61. The summed E-state index contributed by atoms with van der Waals surface area (Å²) in [6, 6.07) is 8.72. The molecular formula is C13H9N3OS. The molecule has 1 aromatic carbocycles. The Balaban J connectivity index is 2.71. The molecule has 0 amide bonds. The molecule has 0 aliphatic carbocycles. The van der Waals surface area contributed by atoms with Gasteiger partial charge in [0.15, 0.2) is 0 Å². The first-order chi connectivity index (χ1) is 8.63. The zero-order valence-electron chi connectivity index (χ0n) is 9.29. The molecule has 4 nitrogen and oxygen atoms in total. The fourth-order valence-corrected chi connectivity index (χ4v) is 1.72. The van der Waals surface area contributed by atoms with E-state index < -0.39 is 0 Å². The Morgan fingerprint density at radius 3 is 2.89 bits per heavy atom. The predicted octanol–water partition coefficient (Wildman–Crippen LogP) is 2.13. The van der Waals surface area contributed by atoms with Crippen LogP contribution in [0, 0.1) is 11.3 Å². The smallest absolute Gasteiger partial charge is 0.141 e. The average Bonchev–Trinajstić information content (AvgIpc) is 2.38. The van der Waals surface area contributed by atoms with E-state index >= 15 is 0 Å². The molecule has 0 radical (unpaired) electrons. The molecule has 5 heteroatoms. The molecule has 18 heavy (non-hydrogen) atoms. The van der Waals surface area contributed by atoms with Crippen molar-refractivity contribution in [3.05, 3.63) is 41.6 Å². The molecule has 0 spiro atoms. The lowest BCUT2D eigenvalue weighted by Crippen LogP contribution is -2.09. The Morgan fingerprint density at radius 2 is 2.22 bits per heavy atom. The van der Waals surface area contributed by atoms with E-state index in [0.717, 1.165) is 10.9 Å². The molecule has 2 rings (SSSR count). The normalized spacial score (nSPS) is 11.2. The monoisotopic (exact) mass is 255 g/mol. The van der Waals surface area contributed by atoms with E-state index in [1.165, 1.54) is 6.07 Å². The molecule has 0 unspecified atom stereocenters. The Morgan fingerprint density at radius 1 is 1.44 bits per heavy atom. The van der Waals surface area contributed by atoms with Crippen LogP contribution in [0.2, 0.25) is 0 Å². The van der Waals surface area contributed by atoms with Gasteiger partial charge in [-0.2, -0.15) is 5.26 Å². The van der Waals surface area contributed by atoms with E-state index in [-0.39, 0.29) is 16.3 Å². The van der Waals surface area contributed by atoms with Gasteiger partial charge in [-0.25, -0.2) is 0 Å². The van der Waals surface area contributed by atoms with Crippen molar-refractivity contribution in [2.24, 2.45) is 5.73 Å². The van der Waals surface area contributed by atoms with Gasteiger partial charge in [0.2, 0.25) is 0 Å². The molecule has 0 bridgehead atoms. The number of phenolic OH excluding ortho intramolecular Hbond substituents is 1. The summed E-state index contributed by atoms with van der Waals surface area (Å²) in [7, 11) is 0. The number of benzene rings is 1. The van der Waals surface area contributed by atoms with Crippen molar-refractivity contribution in [1.29, 1.82) is 5.26 Å². The first-order valence-corrected chi connectivity index (χ1v) is 5.52. The highest BCUT2D eigenvalue weighted by atomic mass is 32.1. The first kappa shape index (κ1) is 12.0. The minimum atomic E-state index is 0.0441. The number of nitrogens with zero attached hydrogens (tertiary/aromatic N) is 2. The number of hydrogen-bond acceptors (Lipinski definition) is 4. The fraction of sp³-hybridized carbons (Fsp3) is 0. The maximum atomic E-state index is 9.70. The predicted molar refractivity (Wildman–Crippen MR) is 73.8 cm³/mol. The molecule has 0 aliphatic rings. The number of fused-ring (bicyclic) bond motifs is 1. The number of nitriles is 1. The Hall–Kier alpha value is -2.45. The molecule has 1 aromatic heterocycles. The molecule has 1 heterocycles. The van der Waals surface area contributed by atoms with E-state index in [0.29, 0.717) is 5.52 Å². The molecule has 3 N–H and O–H groups in total. The highest BCUT2D eigenvalue weighted by Gasteiger charge is 2.06. The van der Waals surface area contributed by atoms with Gasteiger partial charge in [-0.05, 0) is 23.8 Å². The summed E-state index contributed by atoms with van der Waals surface area (Å²) in [5.41, 5.74) is 6.88. The SMILES string of the molecule is N#C/C(=C/c1ccc(O)c2ncccc12)C(N)=S. The van der Waals surface area contributed by atoms with Gasteiger partial charge in [0.05, 0.1) is 5.57 Å². The molecule has 0 saturated carbocycles. The molecule has 0 aliphatic heterocycles. The van der Waals surface area contributed by atoms with E-state index in [4.69, 9.17) is 23.2 Å². The largest absolute Gasteiger partial charge is 0.506 e. The average molecular weight is 255 g/mol. The van der Waals surface area contributed by atoms with Crippen molar-refractivity contribution in [2.45, 2.75) is 0 Å². The van der Waals surface area contributed by atoms with E-state index in [9.17, 15) is 5.11 Å². The van der Waals surface area contributed by atoms with E-state index in [1.807, 2.05) is 12.1 Å². The van der Waals surface area contributed by atoms with E-state index in [1.54, 1.807) is 24.4 Å². The second kappa shape index (κ2) is 4.82. The third-order valence-electron chi connectivity index (χ3n) is 2.47. The van der Waals surface area contributed by atoms with Crippen LogP contribution in [0.15, 0.2) is 36.0 Å². The van der Waals surface area contributed by atoms with Crippen molar-refractivity contribution in [1.82, 2.24) is 4.98 Å². The maximum absolute atomic E-state index is 9.70. The number of aromatic nitrogens is 1. The topological polar surface area (TPSA) is 82.9 Å². The van der Waals surface area contributed by atoms with Crippen LogP contribution in [0.1, 0.15) is 5.56 Å². The maximum Gasteiger partial charge on any atom is 0.141 e. The van der Waals surface area contributed by atoms with Gasteiger partial charge < -0.3 is 10.8 Å². The van der Waals surface area contributed by atoms with Crippen molar-refractivity contribution in [3.63, 3.8) is 0 Å². The fourth-order valence-electron chi connectivity index (χ4n) is 1.62. The number of pyridine rings is 1. The quantitative estimate of drug-likeness (QED) is 0.488. The minimum absolute atomic E-state index is 0.0441. The van der Waals surface area contributed by atoms with Crippen molar-refractivity contribution < 1.29 is 5.11 Å². The summed E-state index contributed by atoms with van der Waals surface area (Å²) in [5.74, 6) is 0.0941. The molecule has 0 fully saturated rings. The number of rotatable bonds is 2. The minimum Gasteiger partial charge on any atom is -0.506 e. The lowest BCUT2D eigenvalue weighted by atomic mass is 10.1. The van der Waals surface area contributed by atoms with Crippen LogP contribution in [-0.4, -0.2) is 15.1 Å². The third kappa shape index (κ3) is 2.14. The Kier molecular flexibility index (Phi) is 3.22. The summed E-state index contributed by atoms with van der Waals surface area (Å²) >= 11 is 4.79. The van der Waals surface area contributed by atoms with Crippen LogP contribution in [-0.2, 0) is 0 Å². The molecule has 88 valence electrons. The molecular weight excluding hydrogens is 246 g/mol. The summed E-state index contributed by atoms with van der Waals surface area (Å²) in [6.45, 7) is 0. The summed E-state index contributed by atoms with van der Waals surface area (Å²) in [6.07, 6.45) is 3.18. The van der Waals surface area contributed by atoms with Crippen LogP contribution in [0.4, 0.5) is 0 Å². The highest BCUT2D eigenvalue weighted by Crippen LogP contribution is 2.26. The van der Waals surface area contributed by atoms with Gasteiger partial charge in [0.25, 0.3) is 0 Å². The van der Waals surface area contributed by atoms with E-state index in [2.05, 4.69) is 4.98 Å². The zero-order chi connectivity index (χ0) is 13.1. The van der Waals surface area contributed by atoms with Crippen molar-refractivity contribution in [3.8, 4) is 11.8 Å². The second-order valence-corrected chi connectivity index (χ2v) is 4.05. The lowest BCUT2D eigenvalue weighted by molar-refractivity contribution is 0.480. The summed E-state index contributed by atoms with van der Waals surface area (Å²) in [4.78, 5) is 4.14. The van der Waals surface area contributed by atoms with Crippen molar-refractivity contribution >= 4 is 34.2 Å². The standard InChI is InChI=1S/C13H9N3OS/c14-7-9(13(15)18)6-8-3-4-11(17)12-10(8)2-1-5-16-12/h1-6,17H,(H2,15,18)/b9-6-. The Bertz CT molecular complexity index is 701. The first-order valence-electron chi connectivity index (χ1n) is 5.12. The van der Waals surface area contributed by atoms with Crippen LogP contribution < -0.4 is 5.73 Å². The van der Waals surface area contributed by atoms with Gasteiger partial charge in [-0.3, -0.25) is 4.98 Å². The number of hydrogen-bond donors (Lipinski definition) is 2. The number of aromatic hydroxyl groups is 1. The van der Waals surface area contributed by atoms with Crippen molar-refractivity contribution in [2.75, 3.05) is 0 Å². The summed E-state index contributed by atoms with van der Waals surface area (Å²) < 4.78 is 0. The van der Waals surface area contributed by atoms with Crippen LogP contribution >= 0.6 is 12.2 Å². The van der Waals surface area contributed by atoms with Crippen LogP contribution in [0.25, 0.3) is 17.0 Å². The van der Waals surface area contributed by atoms with Gasteiger partial charge in [0.1, 0.15) is 22.3 Å². The Labute approximate surface area is 109 Å². The van der Waals surface area contributed by atoms with Gasteiger partial charge >= 0.3 is 0 Å². The number of nitrogens with two attached hydrogens (primary N) is 1. The number of phenols is 1.